The maximum absolute atomic E-state index is 11.2. The van der Waals surface area contributed by atoms with Gasteiger partial charge in [0.05, 0.1) is 6.61 Å². The molecule has 0 saturated heterocycles. The normalized spacial score (nSPS) is 8.81. The summed E-state index contributed by atoms with van der Waals surface area (Å²) in [6.07, 6.45) is 0.341. The molecule has 0 aromatic heterocycles. The molecule has 0 N–H and O–H groups in total. The SMILES string of the molecule is C=C(CC#Cc1ccccc1)C(=O)OCC. The average molecular weight is 214 g/mol. The van der Waals surface area contributed by atoms with Crippen LogP contribution in [0.2, 0.25) is 0 Å². The molecule has 82 valence electrons. The third-order valence-electron chi connectivity index (χ3n) is 1.87. The number of hydrogen-bond donors (Lipinski definition) is 0. The second-order valence-corrected chi connectivity index (χ2v) is 3.17. The van der Waals surface area contributed by atoms with E-state index in [0.717, 1.165) is 5.56 Å². The smallest absolute Gasteiger partial charge is 0.334 e. The first-order valence-electron chi connectivity index (χ1n) is 5.13. The van der Waals surface area contributed by atoms with Gasteiger partial charge in [0.25, 0.3) is 0 Å². The van der Waals surface area contributed by atoms with Crippen molar-refractivity contribution in [1.29, 1.82) is 0 Å². The Morgan fingerprint density at radius 1 is 1.38 bits per heavy atom. The molecule has 0 radical (unpaired) electrons. The Kier molecular flexibility index (Phi) is 4.88. The zero-order valence-corrected chi connectivity index (χ0v) is 9.32. The van der Waals surface area contributed by atoms with E-state index in [4.69, 9.17) is 4.74 Å². The van der Waals surface area contributed by atoms with Crippen LogP contribution in [0.25, 0.3) is 0 Å². The van der Waals surface area contributed by atoms with Crippen molar-refractivity contribution >= 4 is 5.97 Å². The molecule has 2 heteroatoms. The van der Waals surface area contributed by atoms with Gasteiger partial charge in [-0.15, -0.1) is 0 Å². The van der Waals surface area contributed by atoms with Crippen LogP contribution < -0.4 is 0 Å². The van der Waals surface area contributed by atoms with Crippen LogP contribution in [-0.4, -0.2) is 12.6 Å². The Bertz CT molecular complexity index is 421. The fraction of sp³-hybridized carbons (Fsp3) is 0.214. The topological polar surface area (TPSA) is 26.3 Å². The van der Waals surface area contributed by atoms with Gasteiger partial charge in [-0.3, -0.25) is 0 Å². The highest BCUT2D eigenvalue weighted by molar-refractivity contribution is 5.88. The van der Waals surface area contributed by atoms with Crippen molar-refractivity contribution in [2.45, 2.75) is 13.3 Å². The molecule has 1 aromatic carbocycles. The van der Waals surface area contributed by atoms with Crippen molar-refractivity contribution in [2.24, 2.45) is 0 Å². The van der Waals surface area contributed by atoms with Crippen LogP contribution in [0.1, 0.15) is 18.9 Å². The highest BCUT2D eigenvalue weighted by atomic mass is 16.5. The molecule has 1 rings (SSSR count). The quantitative estimate of drug-likeness (QED) is 0.439. The lowest BCUT2D eigenvalue weighted by atomic mass is 10.2. The van der Waals surface area contributed by atoms with Crippen LogP contribution in [0, 0.1) is 11.8 Å². The molecular formula is C14H14O2. The van der Waals surface area contributed by atoms with Crippen LogP contribution in [-0.2, 0) is 9.53 Å². The van der Waals surface area contributed by atoms with Gasteiger partial charge in [-0.25, -0.2) is 4.79 Å². The summed E-state index contributed by atoms with van der Waals surface area (Å²) in [4.78, 5) is 11.2. The minimum absolute atomic E-state index is 0.341. The number of esters is 1. The molecule has 0 aliphatic rings. The van der Waals surface area contributed by atoms with Gasteiger partial charge < -0.3 is 4.74 Å². The zero-order chi connectivity index (χ0) is 11.8. The zero-order valence-electron chi connectivity index (χ0n) is 9.32. The fourth-order valence-corrected chi connectivity index (χ4v) is 1.08. The van der Waals surface area contributed by atoms with Crippen LogP contribution in [0.4, 0.5) is 0 Å². The molecular weight excluding hydrogens is 200 g/mol. The van der Waals surface area contributed by atoms with Gasteiger partial charge in [-0.05, 0) is 19.1 Å². The van der Waals surface area contributed by atoms with Gasteiger partial charge >= 0.3 is 5.97 Å². The summed E-state index contributed by atoms with van der Waals surface area (Å²) in [6, 6.07) is 9.61. The van der Waals surface area contributed by atoms with E-state index in [9.17, 15) is 4.79 Å². The van der Waals surface area contributed by atoms with E-state index in [1.165, 1.54) is 0 Å². The lowest BCUT2D eigenvalue weighted by Gasteiger charge is -2.00. The summed E-state index contributed by atoms with van der Waals surface area (Å²) >= 11 is 0. The molecule has 0 fully saturated rings. The highest BCUT2D eigenvalue weighted by Gasteiger charge is 2.04. The molecule has 0 aliphatic heterocycles. The first-order chi connectivity index (χ1) is 7.74. The van der Waals surface area contributed by atoms with Gasteiger partial charge in [0.2, 0.25) is 0 Å². The van der Waals surface area contributed by atoms with Gasteiger partial charge in [0, 0.05) is 17.6 Å². The number of hydrogen-bond acceptors (Lipinski definition) is 2. The number of rotatable bonds is 3. The van der Waals surface area contributed by atoms with Crippen LogP contribution in [0.3, 0.4) is 0 Å². The molecule has 0 spiro atoms. The van der Waals surface area contributed by atoms with E-state index in [-0.39, 0.29) is 5.97 Å². The molecule has 0 bridgehead atoms. The molecule has 2 nitrogen and oxygen atoms in total. The lowest BCUT2D eigenvalue weighted by Crippen LogP contribution is -2.05. The Labute approximate surface area is 95.9 Å². The van der Waals surface area contributed by atoms with Crippen LogP contribution in [0.5, 0.6) is 0 Å². The Morgan fingerprint density at radius 3 is 2.69 bits per heavy atom. The van der Waals surface area contributed by atoms with Gasteiger partial charge in [-0.2, -0.15) is 0 Å². The summed E-state index contributed by atoms with van der Waals surface area (Å²) in [5, 5.41) is 0. The van der Waals surface area contributed by atoms with E-state index in [0.29, 0.717) is 18.6 Å². The van der Waals surface area contributed by atoms with Crippen molar-refractivity contribution in [1.82, 2.24) is 0 Å². The Morgan fingerprint density at radius 2 is 2.06 bits per heavy atom. The van der Waals surface area contributed by atoms with Crippen molar-refractivity contribution in [3.05, 3.63) is 48.0 Å². The largest absolute Gasteiger partial charge is 0.463 e. The summed E-state index contributed by atoms with van der Waals surface area (Å²) in [7, 11) is 0. The maximum Gasteiger partial charge on any atom is 0.334 e. The number of carbonyl (C=O) groups is 1. The highest BCUT2D eigenvalue weighted by Crippen LogP contribution is 2.01. The van der Waals surface area contributed by atoms with Crippen molar-refractivity contribution in [2.75, 3.05) is 6.61 Å². The lowest BCUT2D eigenvalue weighted by molar-refractivity contribution is -0.138. The third-order valence-corrected chi connectivity index (χ3v) is 1.87. The number of ether oxygens (including phenoxy) is 1. The summed E-state index contributed by atoms with van der Waals surface area (Å²) < 4.78 is 4.80. The van der Waals surface area contributed by atoms with Crippen molar-refractivity contribution in [3.63, 3.8) is 0 Å². The summed E-state index contributed by atoms with van der Waals surface area (Å²) in [5.74, 6) is 5.47. The van der Waals surface area contributed by atoms with E-state index in [1.54, 1.807) is 6.92 Å². The Hall–Kier alpha value is -2.01. The van der Waals surface area contributed by atoms with Crippen molar-refractivity contribution < 1.29 is 9.53 Å². The molecule has 0 saturated carbocycles. The molecule has 0 amide bonds. The molecule has 0 atom stereocenters. The second-order valence-electron chi connectivity index (χ2n) is 3.17. The summed E-state index contributed by atoms with van der Waals surface area (Å²) in [5.41, 5.74) is 1.32. The predicted octanol–water partition coefficient (Wildman–Crippen LogP) is 2.55. The van der Waals surface area contributed by atoms with E-state index >= 15 is 0 Å². The van der Waals surface area contributed by atoms with E-state index in [1.807, 2.05) is 30.3 Å². The second kappa shape index (κ2) is 6.47. The first kappa shape index (κ1) is 12.1. The van der Waals surface area contributed by atoms with Crippen LogP contribution >= 0.6 is 0 Å². The van der Waals surface area contributed by atoms with E-state index in [2.05, 4.69) is 18.4 Å². The van der Waals surface area contributed by atoms with Gasteiger partial charge in [0.15, 0.2) is 0 Å². The predicted molar refractivity (Wildman–Crippen MR) is 63.7 cm³/mol. The first-order valence-corrected chi connectivity index (χ1v) is 5.13. The number of benzene rings is 1. The standard InChI is InChI=1S/C14H14O2/c1-3-16-14(15)12(2)8-7-11-13-9-5-4-6-10-13/h4-6,9-10H,2-3,8H2,1H3. The molecule has 0 heterocycles. The monoisotopic (exact) mass is 214 g/mol. The molecule has 0 unspecified atom stereocenters. The molecule has 1 aromatic rings. The minimum Gasteiger partial charge on any atom is -0.463 e. The van der Waals surface area contributed by atoms with Gasteiger partial charge in [-0.1, -0.05) is 36.6 Å². The Balaban J connectivity index is 2.49. The maximum atomic E-state index is 11.2. The van der Waals surface area contributed by atoms with Crippen molar-refractivity contribution in [3.8, 4) is 11.8 Å². The molecule has 16 heavy (non-hydrogen) atoms. The average Bonchev–Trinajstić information content (AvgIpc) is 2.30. The number of carbonyl (C=O) groups excluding carboxylic acids is 1. The fourth-order valence-electron chi connectivity index (χ4n) is 1.08. The minimum atomic E-state index is -0.370. The van der Waals surface area contributed by atoms with Crippen LogP contribution in [0.15, 0.2) is 42.5 Å². The van der Waals surface area contributed by atoms with E-state index < -0.39 is 0 Å². The third kappa shape index (κ3) is 4.02. The van der Waals surface area contributed by atoms with Gasteiger partial charge in [0.1, 0.15) is 0 Å². The molecule has 0 aliphatic carbocycles. The summed E-state index contributed by atoms with van der Waals surface area (Å²) in [6.45, 7) is 5.76.